The molecule has 2 fully saturated rings. The van der Waals surface area contributed by atoms with E-state index >= 15 is 0 Å². The maximum absolute atomic E-state index is 12.5. The quantitative estimate of drug-likeness (QED) is 0.840. The first-order chi connectivity index (χ1) is 12.8. The number of alkyl halides is 2. The van der Waals surface area contributed by atoms with E-state index in [1.165, 1.54) is 24.3 Å². The zero-order chi connectivity index (χ0) is 19.6. The molecule has 7 nitrogen and oxygen atoms in total. The molecule has 0 saturated carbocycles. The van der Waals surface area contributed by atoms with Gasteiger partial charge in [0.2, 0.25) is 5.91 Å². The highest BCUT2D eigenvalue weighted by Crippen LogP contribution is 2.26. The highest BCUT2D eigenvalue weighted by Gasteiger charge is 2.39. The molecule has 2 aliphatic heterocycles. The number of amides is 2. The van der Waals surface area contributed by atoms with Crippen molar-refractivity contribution in [2.24, 2.45) is 5.92 Å². The average Bonchev–Trinajstić information content (AvgIpc) is 3.03. The molecule has 2 amide bonds. The van der Waals surface area contributed by atoms with Gasteiger partial charge in [0.15, 0.2) is 0 Å². The Labute approximate surface area is 154 Å². The molecule has 2 saturated heterocycles. The number of carbonyl (C=O) groups excluding carboxylic acids is 2. The van der Waals surface area contributed by atoms with E-state index in [4.69, 9.17) is 5.11 Å². The molecule has 2 aliphatic rings. The number of benzene rings is 1. The maximum Gasteiger partial charge on any atom is 0.387 e. The lowest BCUT2D eigenvalue weighted by atomic mass is 10.0. The molecule has 1 N–H and O–H groups in total. The summed E-state index contributed by atoms with van der Waals surface area (Å²) in [6.07, 6.45) is 1.19. The molecule has 1 atom stereocenters. The van der Waals surface area contributed by atoms with E-state index in [1.54, 1.807) is 9.80 Å². The fraction of sp³-hybridized carbons (Fsp3) is 0.500. The minimum atomic E-state index is -2.92. The number of ether oxygens (including phenoxy) is 1. The lowest BCUT2D eigenvalue weighted by Gasteiger charge is -2.36. The predicted octanol–water partition coefficient (Wildman–Crippen LogP) is 1.83. The Kier molecular flexibility index (Phi) is 5.57. The predicted molar refractivity (Wildman–Crippen MR) is 89.5 cm³/mol. The van der Waals surface area contributed by atoms with Gasteiger partial charge >= 0.3 is 12.6 Å². The van der Waals surface area contributed by atoms with Crippen LogP contribution in [0.3, 0.4) is 0 Å². The second kappa shape index (κ2) is 7.89. The Hall–Kier alpha value is -2.71. The van der Waals surface area contributed by atoms with Gasteiger partial charge in [-0.3, -0.25) is 14.4 Å². The third-order valence-electron chi connectivity index (χ3n) is 5.03. The second-order valence-corrected chi connectivity index (χ2v) is 6.71. The number of carboxylic acids is 1. The van der Waals surface area contributed by atoms with E-state index in [0.29, 0.717) is 31.5 Å². The molecule has 1 unspecified atom stereocenters. The molecule has 27 heavy (non-hydrogen) atoms. The molecule has 2 heterocycles. The highest BCUT2D eigenvalue weighted by molar-refractivity contribution is 5.94. The Morgan fingerprint density at radius 1 is 1.15 bits per heavy atom. The summed E-state index contributed by atoms with van der Waals surface area (Å²) in [6.45, 7) is -1.81. The molecular formula is C18H20F2N2O5. The lowest BCUT2D eigenvalue weighted by Crippen LogP contribution is -2.47. The van der Waals surface area contributed by atoms with Crippen molar-refractivity contribution in [1.82, 2.24) is 9.80 Å². The normalized spacial score (nSPS) is 21.0. The zero-order valence-corrected chi connectivity index (χ0v) is 14.5. The van der Waals surface area contributed by atoms with Crippen LogP contribution in [0.15, 0.2) is 24.3 Å². The Balaban J connectivity index is 1.55. The molecule has 0 aliphatic carbocycles. The maximum atomic E-state index is 12.5. The third-order valence-corrected chi connectivity index (χ3v) is 5.03. The first-order valence-electron chi connectivity index (χ1n) is 8.71. The summed E-state index contributed by atoms with van der Waals surface area (Å²) in [5, 5.41) is 9.07. The fourth-order valence-electron chi connectivity index (χ4n) is 3.59. The smallest absolute Gasteiger partial charge is 0.387 e. The zero-order valence-electron chi connectivity index (χ0n) is 14.5. The summed E-state index contributed by atoms with van der Waals surface area (Å²) in [5.41, 5.74) is 0.373. The van der Waals surface area contributed by atoms with Gasteiger partial charge < -0.3 is 19.6 Å². The van der Waals surface area contributed by atoms with E-state index in [-0.39, 0.29) is 36.6 Å². The van der Waals surface area contributed by atoms with E-state index < -0.39 is 18.5 Å². The van der Waals surface area contributed by atoms with Crippen LogP contribution in [0.1, 0.15) is 29.6 Å². The van der Waals surface area contributed by atoms with Crippen molar-refractivity contribution in [2.75, 3.05) is 19.6 Å². The number of aliphatic carboxylic acids is 1. The van der Waals surface area contributed by atoms with E-state index in [9.17, 15) is 23.2 Å². The molecular weight excluding hydrogens is 362 g/mol. The SMILES string of the molecule is O=C(O)C1CC(=O)N(C2CCN(C(=O)c3ccc(OC(F)F)cc3)CC2)C1. The van der Waals surface area contributed by atoms with Crippen molar-refractivity contribution in [3.63, 3.8) is 0 Å². The monoisotopic (exact) mass is 382 g/mol. The van der Waals surface area contributed by atoms with Crippen molar-refractivity contribution in [2.45, 2.75) is 31.9 Å². The Morgan fingerprint density at radius 3 is 2.30 bits per heavy atom. The molecule has 3 rings (SSSR count). The van der Waals surface area contributed by atoms with E-state index in [0.717, 1.165) is 0 Å². The van der Waals surface area contributed by atoms with Crippen LogP contribution in [0.4, 0.5) is 8.78 Å². The summed E-state index contributed by atoms with van der Waals surface area (Å²) < 4.78 is 28.6. The van der Waals surface area contributed by atoms with Gasteiger partial charge in [0.05, 0.1) is 5.92 Å². The second-order valence-electron chi connectivity index (χ2n) is 6.71. The van der Waals surface area contributed by atoms with Gasteiger partial charge in [-0.2, -0.15) is 8.78 Å². The number of carboxylic acid groups (broad SMARTS) is 1. The summed E-state index contributed by atoms with van der Waals surface area (Å²) in [7, 11) is 0. The van der Waals surface area contributed by atoms with Crippen molar-refractivity contribution < 1.29 is 33.0 Å². The Morgan fingerprint density at radius 2 is 1.78 bits per heavy atom. The molecule has 146 valence electrons. The standard InChI is InChI=1S/C18H20F2N2O5/c19-18(20)27-14-3-1-11(2-4-14)16(24)21-7-5-13(6-8-21)22-10-12(17(25)26)9-15(22)23/h1-4,12-13,18H,5-10H2,(H,25,26). The number of carbonyl (C=O) groups is 3. The third kappa shape index (κ3) is 4.35. The van der Waals surface area contributed by atoms with Crippen molar-refractivity contribution in [3.05, 3.63) is 29.8 Å². The fourth-order valence-corrected chi connectivity index (χ4v) is 3.59. The summed E-state index contributed by atoms with van der Waals surface area (Å²) in [4.78, 5) is 38.9. The van der Waals surface area contributed by atoms with Crippen LogP contribution >= 0.6 is 0 Å². The molecule has 0 aromatic heterocycles. The summed E-state index contributed by atoms with van der Waals surface area (Å²) in [6, 6.07) is 5.45. The number of rotatable bonds is 5. The molecule has 1 aromatic rings. The number of nitrogens with zero attached hydrogens (tertiary/aromatic N) is 2. The van der Waals surface area contributed by atoms with Crippen LogP contribution in [0, 0.1) is 5.92 Å². The van der Waals surface area contributed by atoms with E-state index in [2.05, 4.69) is 4.74 Å². The highest BCUT2D eigenvalue weighted by atomic mass is 19.3. The van der Waals surface area contributed by atoms with Gasteiger partial charge in [0.25, 0.3) is 5.91 Å². The van der Waals surface area contributed by atoms with Crippen LogP contribution in [0.5, 0.6) is 5.75 Å². The van der Waals surface area contributed by atoms with Crippen molar-refractivity contribution in [1.29, 1.82) is 0 Å². The minimum Gasteiger partial charge on any atom is -0.481 e. The van der Waals surface area contributed by atoms with Crippen molar-refractivity contribution in [3.8, 4) is 5.75 Å². The number of likely N-dealkylation sites (tertiary alicyclic amines) is 2. The summed E-state index contributed by atoms with van der Waals surface area (Å²) in [5.74, 6) is -2.00. The first kappa shape index (κ1) is 19.1. The molecule has 9 heteroatoms. The van der Waals surface area contributed by atoms with Crippen LogP contribution in [0.2, 0.25) is 0 Å². The summed E-state index contributed by atoms with van der Waals surface area (Å²) >= 11 is 0. The van der Waals surface area contributed by atoms with Crippen molar-refractivity contribution >= 4 is 17.8 Å². The topological polar surface area (TPSA) is 87.2 Å². The number of halogens is 2. The number of hydrogen-bond acceptors (Lipinski definition) is 4. The molecule has 1 aromatic carbocycles. The van der Waals surface area contributed by atoms with Gasteiger partial charge in [-0.05, 0) is 37.1 Å². The lowest BCUT2D eigenvalue weighted by molar-refractivity contribution is -0.141. The number of hydrogen-bond donors (Lipinski definition) is 1. The van der Waals surface area contributed by atoms with Gasteiger partial charge in [-0.25, -0.2) is 0 Å². The Bertz CT molecular complexity index is 717. The van der Waals surface area contributed by atoms with E-state index in [1.807, 2.05) is 0 Å². The van der Waals surface area contributed by atoms with Crippen LogP contribution in [-0.2, 0) is 9.59 Å². The van der Waals surface area contributed by atoms with Gasteiger partial charge in [-0.15, -0.1) is 0 Å². The van der Waals surface area contributed by atoms with Crippen LogP contribution in [0.25, 0.3) is 0 Å². The minimum absolute atomic E-state index is 0.0132. The number of piperidine rings is 1. The largest absolute Gasteiger partial charge is 0.481 e. The molecule has 0 spiro atoms. The average molecular weight is 382 g/mol. The van der Waals surface area contributed by atoms with Gasteiger partial charge in [0, 0.05) is 37.7 Å². The van der Waals surface area contributed by atoms with Crippen LogP contribution in [-0.4, -0.2) is 65.0 Å². The van der Waals surface area contributed by atoms with Gasteiger partial charge in [-0.1, -0.05) is 0 Å². The first-order valence-corrected chi connectivity index (χ1v) is 8.71. The molecule has 0 radical (unpaired) electrons. The molecule has 0 bridgehead atoms. The van der Waals surface area contributed by atoms with Crippen LogP contribution < -0.4 is 4.74 Å². The van der Waals surface area contributed by atoms with Gasteiger partial charge in [0.1, 0.15) is 5.75 Å².